The average Bonchev–Trinajstić information content (AvgIpc) is 3.21. The Kier molecular flexibility index (Phi) is 5.88. The number of rotatable bonds is 7. The molecule has 1 aliphatic heterocycles. The number of hydrogen-bond acceptors (Lipinski definition) is 7. The molecule has 0 saturated carbocycles. The summed E-state index contributed by atoms with van der Waals surface area (Å²) in [5.74, 6) is 1.88. The minimum atomic E-state index is -3.39. The molecule has 3 heterocycles. The third kappa shape index (κ3) is 5.10. The predicted octanol–water partition coefficient (Wildman–Crippen LogP) is 2.27. The molecular weight excluding hydrogens is 360 g/mol. The van der Waals surface area contributed by atoms with E-state index < -0.39 is 10.0 Å². The van der Waals surface area contributed by atoms with Gasteiger partial charge in [0.1, 0.15) is 4.21 Å². The molecule has 25 heavy (non-hydrogen) atoms. The molecule has 1 saturated heterocycles. The maximum absolute atomic E-state index is 12.3. The molecule has 0 bridgehead atoms. The lowest BCUT2D eigenvalue weighted by Crippen LogP contribution is -2.44. The first kappa shape index (κ1) is 18.5. The maximum atomic E-state index is 12.3. The zero-order valence-electron chi connectivity index (χ0n) is 14.5. The molecule has 7 nitrogen and oxygen atoms in total. The fourth-order valence-corrected chi connectivity index (χ4v) is 5.21. The zero-order chi connectivity index (χ0) is 17.9. The molecule has 9 heteroatoms. The van der Waals surface area contributed by atoms with Gasteiger partial charge in [0.25, 0.3) is 0 Å². The van der Waals surface area contributed by atoms with Crippen molar-refractivity contribution in [2.24, 2.45) is 5.92 Å². The van der Waals surface area contributed by atoms with Crippen molar-refractivity contribution in [1.29, 1.82) is 0 Å². The van der Waals surface area contributed by atoms with E-state index in [2.05, 4.69) is 33.6 Å². The molecule has 0 aliphatic carbocycles. The number of likely N-dealkylation sites (tertiary alicyclic amines) is 1. The largest absolute Gasteiger partial charge is 0.338 e. The highest BCUT2D eigenvalue weighted by Gasteiger charge is 2.26. The molecule has 0 amide bonds. The molecule has 3 rings (SSSR count). The van der Waals surface area contributed by atoms with E-state index in [-0.39, 0.29) is 6.04 Å². The quantitative estimate of drug-likeness (QED) is 0.788. The first-order chi connectivity index (χ1) is 11.9. The van der Waals surface area contributed by atoms with Crippen LogP contribution >= 0.6 is 11.3 Å². The van der Waals surface area contributed by atoms with Crippen molar-refractivity contribution in [3.05, 3.63) is 29.2 Å². The minimum absolute atomic E-state index is 0.0254. The highest BCUT2D eigenvalue weighted by atomic mass is 32.2. The van der Waals surface area contributed by atoms with Crippen LogP contribution in [0.15, 0.2) is 26.2 Å². The monoisotopic (exact) mass is 384 g/mol. The Bertz CT molecular complexity index is 763. The summed E-state index contributed by atoms with van der Waals surface area (Å²) in [4.78, 5) is 6.65. The normalized spacial score (nSPS) is 17.4. The van der Waals surface area contributed by atoms with Crippen molar-refractivity contribution in [2.75, 3.05) is 13.1 Å². The topological polar surface area (TPSA) is 88.3 Å². The fourth-order valence-electron chi connectivity index (χ4n) is 2.90. The van der Waals surface area contributed by atoms with Gasteiger partial charge in [0.2, 0.25) is 15.9 Å². The van der Waals surface area contributed by atoms with Crippen molar-refractivity contribution in [2.45, 2.75) is 49.9 Å². The smallest absolute Gasteiger partial charge is 0.250 e. The van der Waals surface area contributed by atoms with Crippen LogP contribution in [-0.2, 0) is 23.0 Å². The lowest BCUT2D eigenvalue weighted by Gasteiger charge is -2.31. The summed E-state index contributed by atoms with van der Waals surface area (Å²) in [6.45, 7) is 6.48. The van der Waals surface area contributed by atoms with Crippen LogP contribution in [0.25, 0.3) is 0 Å². The van der Waals surface area contributed by atoms with E-state index in [0.717, 1.165) is 38.2 Å². The predicted molar refractivity (Wildman–Crippen MR) is 95.8 cm³/mol. The van der Waals surface area contributed by atoms with Gasteiger partial charge in [0, 0.05) is 25.6 Å². The number of aromatic nitrogens is 2. The summed E-state index contributed by atoms with van der Waals surface area (Å²) in [5.41, 5.74) is 0. The van der Waals surface area contributed by atoms with Crippen LogP contribution in [-0.4, -0.2) is 42.6 Å². The fraction of sp³-hybridized carbons (Fsp3) is 0.625. The summed E-state index contributed by atoms with van der Waals surface area (Å²) in [7, 11) is -3.39. The third-order valence-electron chi connectivity index (χ3n) is 4.13. The van der Waals surface area contributed by atoms with Crippen molar-refractivity contribution in [3.63, 3.8) is 0 Å². The van der Waals surface area contributed by atoms with Crippen LogP contribution in [0.4, 0.5) is 0 Å². The van der Waals surface area contributed by atoms with Gasteiger partial charge in [-0.25, -0.2) is 13.1 Å². The second-order valence-corrected chi connectivity index (χ2v) is 9.69. The average molecular weight is 385 g/mol. The second-order valence-electron chi connectivity index (χ2n) is 6.81. The molecule has 1 N–H and O–H groups in total. The molecule has 2 aromatic heterocycles. The van der Waals surface area contributed by atoms with Gasteiger partial charge in [-0.2, -0.15) is 4.98 Å². The van der Waals surface area contributed by atoms with Crippen LogP contribution in [0.2, 0.25) is 0 Å². The Morgan fingerprint density at radius 2 is 2.16 bits per heavy atom. The molecule has 138 valence electrons. The highest BCUT2D eigenvalue weighted by Crippen LogP contribution is 2.19. The van der Waals surface area contributed by atoms with E-state index >= 15 is 0 Å². The van der Waals surface area contributed by atoms with Gasteiger partial charge < -0.3 is 4.52 Å². The molecule has 0 aromatic carbocycles. The van der Waals surface area contributed by atoms with Gasteiger partial charge in [-0.3, -0.25) is 4.90 Å². The van der Waals surface area contributed by atoms with Gasteiger partial charge in [0.15, 0.2) is 5.82 Å². The Hall–Kier alpha value is -1.29. The Labute approximate surface area is 152 Å². The van der Waals surface area contributed by atoms with Crippen molar-refractivity contribution in [3.8, 4) is 0 Å². The molecule has 0 unspecified atom stereocenters. The van der Waals surface area contributed by atoms with Gasteiger partial charge in [-0.15, -0.1) is 11.3 Å². The summed E-state index contributed by atoms with van der Waals surface area (Å²) < 4.78 is 33.1. The number of thiophene rings is 1. The molecular formula is C16H24N4O3S2. The lowest BCUT2D eigenvalue weighted by molar-refractivity contribution is 0.177. The number of hydrogen-bond donors (Lipinski definition) is 1. The van der Waals surface area contributed by atoms with Crippen molar-refractivity contribution >= 4 is 21.4 Å². The van der Waals surface area contributed by atoms with E-state index in [9.17, 15) is 8.42 Å². The number of nitrogens with one attached hydrogen (secondary N) is 1. The summed E-state index contributed by atoms with van der Waals surface area (Å²) >= 11 is 1.24. The SMILES string of the molecule is CC(C)Cc1noc(CN2CCC(NS(=O)(=O)c3cccs3)CC2)n1. The first-order valence-electron chi connectivity index (χ1n) is 8.52. The molecule has 0 radical (unpaired) electrons. The lowest BCUT2D eigenvalue weighted by atomic mass is 10.1. The van der Waals surface area contributed by atoms with Crippen LogP contribution in [0.1, 0.15) is 38.4 Å². The summed E-state index contributed by atoms with van der Waals surface area (Å²) in [5, 5.41) is 5.78. The van der Waals surface area contributed by atoms with Crippen LogP contribution < -0.4 is 4.72 Å². The first-order valence-corrected chi connectivity index (χ1v) is 10.9. The van der Waals surface area contributed by atoms with Crippen LogP contribution in [0.3, 0.4) is 0 Å². The molecule has 1 aliphatic rings. The van der Waals surface area contributed by atoms with Gasteiger partial charge in [-0.1, -0.05) is 25.1 Å². The zero-order valence-corrected chi connectivity index (χ0v) is 16.1. The van der Waals surface area contributed by atoms with E-state index in [1.807, 2.05) is 0 Å². The molecule has 2 aromatic rings. The highest BCUT2D eigenvalue weighted by molar-refractivity contribution is 7.91. The van der Waals surface area contributed by atoms with E-state index in [4.69, 9.17) is 4.52 Å². The Morgan fingerprint density at radius 3 is 2.80 bits per heavy atom. The maximum Gasteiger partial charge on any atom is 0.250 e. The van der Waals surface area contributed by atoms with Crippen LogP contribution in [0.5, 0.6) is 0 Å². The Balaban J connectivity index is 1.48. The number of nitrogens with zero attached hydrogens (tertiary/aromatic N) is 3. The summed E-state index contributed by atoms with van der Waals surface area (Å²) in [6, 6.07) is 3.36. The van der Waals surface area contributed by atoms with Gasteiger partial charge >= 0.3 is 0 Å². The number of sulfonamides is 1. The molecule has 1 fully saturated rings. The van der Waals surface area contributed by atoms with E-state index in [1.165, 1.54) is 11.3 Å². The summed E-state index contributed by atoms with van der Waals surface area (Å²) in [6.07, 6.45) is 2.37. The van der Waals surface area contributed by atoms with Gasteiger partial charge in [0.05, 0.1) is 6.54 Å². The Morgan fingerprint density at radius 1 is 1.40 bits per heavy atom. The van der Waals surface area contributed by atoms with E-state index in [1.54, 1.807) is 17.5 Å². The van der Waals surface area contributed by atoms with Crippen LogP contribution in [0, 0.1) is 5.92 Å². The van der Waals surface area contributed by atoms with Crippen molar-refractivity contribution < 1.29 is 12.9 Å². The third-order valence-corrected chi connectivity index (χ3v) is 7.05. The second kappa shape index (κ2) is 7.94. The molecule has 0 atom stereocenters. The van der Waals surface area contributed by atoms with Crippen molar-refractivity contribution in [1.82, 2.24) is 19.8 Å². The van der Waals surface area contributed by atoms with E-state index in [0.29, 0.717) is 22.6 Å². The number of piperidine rings is 1. The minimum Gasteiger partial charge on any atom is -0.338 e. The molecule has 0 spiro atoms. The standard InChI is InChI=1S/C16H24N4O3S2/c1-12(2)10-14-17-15(23-18-14)11-20-7-5-13(6-8-20)19-25(21,22)16-4-3-9-24-16/h3-4,9,12-13,19H,5-8,10-11H2,1-2H3. The van der Waals surface area contributed by atoms with Gasteiger partial charge in [-0.05, 0) is 30.2 Å².